The Balaban J connectivity index is 1.63. The summed E-state index contributed by atoms with van der Waals surface area (Å²) in [5.41, 5.74) is 2.12. The Morgan fingerprint density at radius 2 is 1.81 bits per heavy atom. The lowest BCUT2D eigenvalue weighted by molar-refractivity contribution is -0.153. The van der Waals surface area contributed by atoms with E-state index in [4.69, 9.17) is 9.15 Å². The third-order valence-corrected chi connectivity index (χ3v) is 4.13. The van der Waals surface area contributed by atoms with E-state index in [-0.39, 0.29) is 12.3 Å². The van der Waals surface area contributed by atoms with Gasteiger partial charge in [0.15, 0.2) is 12.6 Å². The van der Waals surface area contributed by atoms with E-state index in [1.165, 1.54) is 6.07 Å². The first-order valence-electron chi connectivity index (χ1n) is 9.74. The number of rotatable bonds is 8. The van der Waals surface area contributed by atoms with Crippen molar-refractivity contribution in [1.29, 1.82) is 0 Å². The molecule has 0 saturated heterocycles. The van der Waals surface area contributed by atoms with Gasteiger partial charge in [-0.25, -0.2) is 9.98 Å². The fourth-order valence-corrected chi connectivity index (χ4v) is 2.72. The van der Waals surface area contributed by atoms with Crippen molar-refractivity contribution in [1.82, 2.24) is 15.6 Å². The molecule has 0 fully saturated rings. The van der Waals surface area contributed by atoms with E-state index in [0.29, 0.717) is 36.2 Å². The number of aliphatic imine (C=N–C) groups is 1. The van der Waals surface area contributed by atoms with Gasteiger partial charge in [0.1, 0.15) is 12.0 Å². The number of nitrogens with one attached hydrogen (secondary N) is 2. The summed E-state index contributed by atoms with van der Waals surface area (Å²) in [7, 11) is 0. The van der Waals surface area contributed by atoms with E-state index < -0.39 is 12.8 Å². The molecule has 2 aromatic carbocycles. The van der Waals surface area contributed by atoms with Crippen molar-refractivity contribution in [2.75, 3.05) is 13.2 Å². The minimum Gasteiger partial charge on any atom is -0.484 e. The molecular formula is C22H23F3N4O2. The lowest BCUT2D eigenvalue weighted by atomic mass is 10.2. The highest BCUT2D eigenvalue weighted by molar-refractivity contribution is 5.79. The maximum atomic E-state index is 12.5. The topological polar surface area (TPSA) is 71.7 Å². The standard InChI is InChI=1S/C22H23F3N4O2/c1-2-26-21(27-12-17-10-6-7-11-19(17)31-15-22(23,24)25)28-13-18-14-30-20(29-18)16-8-4-3-5-9-16/h3-11,14H,2,12-13,15H2,1H3,(H2,26,27,28). The normalized spacial score (nSPS) is 11.9. The molecule has 2 N–H and O–H groups in total. The average Bonchev–Trinajstić information content (AvgIpc) is 3.24. The van der Waals surface area contributed by atoms with E-state index in [2.05, 4.69) is 20.6 Å². The van der Waals surface area contributed by atoms with Crippen molar-refractivity contribution in [3.63, 3.8) is 0 Å². The van der Waals surface area contributed by atoms with E-state index in [1.807, 2.05) is 37.3 Å². The van der Waals surface area contributed by atoms with Gasteiger partial charge < -0.3 is 19.8 Å². The monoisotopic (exact) mass is 432 g/mol. The number of hydrogen-bond acceptors (Lipinski definition) is 4. The third kappa shape index (κ3) is 7.06. The molecule has 164 valence electrons. The number of nitrogens with zero attached hydrogens (tertiary/aromatic N) is 2. The van der Waals surface area contributed by atoms with Crippen LogP contribution in [0.1, 0.15) is 18.2 Å². The van der Waals surface area contributed by atoms with Gasteiger partial charge in [-0.2, -0.15) is 13.2 Å². The minimum absolute atomic E-state index is 0.150. The highest BCUT2D eigenvalue weighted by atomic mass is 19.4. The first-order valence-corrected chi connectivity index (χ1v) is 9.74. The summed E-state index contributed by atoms with van der Waals surface area (Å²) in [4.78, 5) is 8.90. The van der Waals surface area contributed by atoms with Crippen LogP contribution in [0.15, 0.2) is 70.3 Å². The SMILES string of the molecule is CCNC(=NCc1ccccc1OCC(F)(F)F)NCc1coc(-c2ccccc2)n1. The number of alkyl halides is 3. The van der Waals surface area contributed by atoms with Gasteiger partial charge in [-0.3, -0.25) is 0 Å². The van der Waals surface area contributed by atoms with Crippen molar-refractivity contribution < 1.29 is 22.3 Å². The van der Waals surface area contributed by atoms with Crippen LogP contribution in [0, 0.1) is 0 Å². The Morgan fingerprint density at radius 3 is 2.55 bits per heavy atom. The van der Waals surface area contributed by atoms with Crippen molar-refractivity contribution >= 4 is 5.96 Å². The number of ether oxygens (including phenoxy) is 1. The summed E-state index contributed by atoms with van der Waals surface area (Å²) in [6.07, 6.45) is -2.83. The van der Waals surface area contributed by atoms with E-state index in [1.54, 1.807) is 24.5 Å². The Labute approximate surface area is 178 Å². The first-order chi connectivity index (χ1) is 14.9. The molecule has 0 saturated carbocycles. The van der Waals surface area contributed by atoms with Crippen LogP contribution in [-0.4, -0.2) is 30.3 Å². The molecule has 0 aliphatic carbocycles. The first kappa shape index (κ1) is 22.2. The van der Waals surface area contributed by atoms with Gasteiger partial charge in [-0.1, -0.05) is 36.4 Å². The minimum atomic E-state index is -4.40. The number of para-hydroxylation sites is 1. The van der Waals surface area contributed by atoms with Crippen molar-refractivity contribution in [2.45, 2.75) is 26.2 Å². The summed E-state index contributed by atoms with van der Waals surface area (Å²) < 4.78 is 47.9. The molecule has 0 spiro atoms. The van der Waals surface area contributed by atoms with E-state index in [0.717, 1.165) is 5.56 Å². The van der Waals surface area contributed by atoms with E-state index in [9.17, 15) is 13.2 Å². The van der Waals surface area contributed by atoms with Gasteiger partial charge in [-0.05, 0) is 25.1 Å². The Kier molecular flexibility index (Phi) is 7.53. The van der Waals surface area contributed by atoms with Crippen molar-refractivity contribution in [3.05, 3.63) is 72.1 Å². The second-order valence-electron chi connectivity index (χ2n) is 6.57. The smallest absolute Gasteiger partial charge is 0.422 e. The van der Waals surface area contributed by atoms with E-state index >= 15 is 0 Å². The predicted octanol–water partition coefficient (Wildman–Crippen LogP) is 4.54. The lowest BCUT2D eigenvalue weighted by Crippen LogP contribution is -2.36. The van der Waals surface area contributed by atoms with Gasteiger partial charge in [-0.15, -0.1) is 0 Å². The molecule has 1 heterocycles. The zero-order chi connectivity index (χ0) is 22.1. The van der Waals surface area contributed by atoms with Gasteiger partial charge in [0.2, 0.25) is 5.89 Å². The summed E-state index contributed by atoms with van der Waals surface area (Å²) in [5, 5.41) is 6.24. The molecule has 9 heteroatoms. The number of oxazole rings is 1. The van der Waals surface area contributed by atoms with Crippen molar-refractivity contribution in [2.24, 2.45) is 4.99 Å². The Bertz CT molecular complexity index is 988. The second kappa shape index (κ2) is 10.5. The third-order valence-electron chi connectivity index (χ3n) is 4.13. The number of hydrogen-bond donors (Lipinski definition) is 2. The molecule has 3 rings (SSSR count). The number of benzene rings is 2. The van der Waals surface area contributed by atoms with Gasteiger partial charge in [0.25, 0.3) is 0 Å². The van der Waals surface area contributed by atoms with Crippen LogP contribution in [0.3, 0.4) is 0 Å². The Morgan fingerprint density at radius 1 is 1.06 bits per heavy atom. The predicted molar refractivity (Wildman–Crippen MR) is 112 cm³/mol. The molecule has 6 nitrogen and oxygen atoms in total. The number of aromatic nitrogens is 1. The molecule has 0 amide bonds. The van der Waals surface area contributed by atoms with Crippen molar-refractivity contribution in [3.8, 4) is 17.2 Å². The molecule has 0 bridgehead atoms. The van der Waals surface area contributed by atoms with Crippen LogP contribution in [-0.2, 0) is 13.1 Å². The van der Waals surface area contributed by atoms with Crippen LogP contribution in [0.4, 0.5) is 13.2 Å². The zero-order valence-electron chi connectivity index (χ0n) is 16.9. The summed E-state index contributed by atoms with van der Waals surface area (Å²) in [5.74, 6) is 1.18. The summed E-state index contributed by atoms with van der Waals surface area (Å²) in [6.45, 7) is 1.71. The van der Waals surface area contributed by atoms with Crippen LogP contribution in [0.25, 0.3) is 11.5 Å². The van der Waals surface area contributed by atoms with Gasteiger partial charge in [0, 0.05) is 17.7 Å². The number of halogens is 3. The Hall–Kier alpha value is -3.49. The van der Waals surface area contributed by atoms with Crippen LogP contribution < -0.4 is 15.4 Å². The lowest BCUT2D eigenvalue weighted by Gasteiger charge is -2.13. The maximum absolute atomic E-state index is 12.5. The molecule has 0 aliphatic heterocycles. The molecule has 1 aromatic heterocycles. The fraction of sp³-hybridized carbons (Fsp3) is 0.273. The molecule has 0 aliphatic rings. The molecule has 0 radical (unpaired) electrons. The zero-order valence-corrected chi connectivity index (χ0v) is 16.9. The molecule has 3 aromatic rings. The van der Waals surface area contributed by atoms with Gasteiger partial charge >= 0.3 is 6.18 Å². The average molecular weight is 432 g/mol. The van der Waals surface area contributed by atoms with Crippen LogP contribution >= 0.6 is 0 Å². The molecule has 31 heavy (non-hydrogen) atoms. The van der Waals surface area contributed by atoms with Crippen LogP contribution in [0.5, 0.6) is 5.75 Å². The highest BCUT2D eigenvalue weighted by Crippen LogP contribution is 2.23. The second-order valence-corrected chi connectivity index (χ2v) is 6.57. The summed E-state index contributed by atoms with van der Waals surface area (Å²) >= 11 is 0. The molecule has 0 unspecified atom stereocenters. The largest absolute Gasteiger partial charge is 0.484 e. The summed E-state index contributed by atoms with van der Waals surface area (Å²) in [6, 6.07) is 16.1. The maximum Gasteiger partial charge on any atom is 0.422 e. The highest BCUT2D eigenvalue weighted by Gasteiger charge is 2.28. The molecule has 0 atom stereocenters. The fourth-order valence-electron chi connectivity index (χ4n) is 2.72. The van der Waals surface area contributed by atoms with Gasteiger partial charge in [0.05, 0.1) is 18.8 Å². The quantitative estimate of drug-likeness (QED) is 0.404. The molecular weight excluding hydrogens is 409 g/mol. The van der Waals surface area contributed by atoms with Crippen LogP contribution in [0.2, 0.25) is 0 Å². The number of guanidine groups is 1.